The van der Waals surface area contributed by atoms with Crippen molar-refractivity contribution >= 4 is 5.96 Å². The minimum atomic E-state index is -0.514. The van der Waals surface area contributed by atoms with Gasteiger partial charge in [-0.1, -0.05) is 6.07 Å². The van der Waals surface area contributed by atoms with Crippen LogP contribution in [-0.2, 0) is 19.3 Å². The van der Waals surface area contributed by atoms with Crippen LogP contribution < -0.4 is 10.6 Å². The lowest BCUT2D eigenvalue weighted by atomic mass is 9.94. The van der Waals surface area contributed by atoms with Crippen molar-refractivity contribution < 1.29 is 8.78 Å². The summed E-state index contributed by atoms with van der Waals surface area (Å²) in [6.45, 7) is 4.65. The Morgan fingerprint density at radius 1 is 1.33 bits per heavy atom. The molecule has 2 aromatic rings. The van der Waals surface area contributed by atoms with Gasteiger partial charge in [0.25, 0.3) is 0 Å². The van der Waals surface area contributed by atoms with Gasteiger partial charge in [0.2, 0.25) is 0 Å². The second kappa shape index (κ2) is 8.50. The maximum absolute atomic E-state index is 13.7. The summed E-state index contributed by atoms with van der Waals surface area (Å²) < 4.78 is 29.4. The van der Waals surface area contributed by atoms with Gasteiger partial charge in [0.05, 0.1) is 5.69 Å². The molecule has 1 atom stereocenters. The zero-order valence-electron chi connectivity index (χ0n) is 16.1. The van der Waals surface area contributed by atoms with E-state index in [2.05, 4.69) is 40.8 Å². The van der Waals surface area contributed by atoms with Gasteiger partial charge in [0.15, 0.2) is 5.96 Å². The summed E-state index contributed by atoms with van der Waals surface area (Å²) in [7, 11) is 1.70. The van der Waals surface area contributed by atoms with Gasteiger partial charge in [-0.05, 0) is 50.8 Å². The SMILES string of the molecule is CN=C(NCCc1c(F)cccc1F)NC1CCc2cn(C(C)C)nc2C1. The number of halogens is 2. The molecule has 146 valence electrons. The second-order valence-electron chi connectivity index (χ2n) is 7.21. The van der Waals surface area contributed by atoms with Crippen LogP contribution >= 0.6 is 0 Å². The first kappa shape index (κ1) is 19.3. The Balaban J connectivity index is 1.53. The predicted molar refractivity (Wildman–Crippen MR) is 103 cm³/mol. The van der Waals surface area contributed by atoms with E-state index in [1.165, 1.54) is 23.8 Å². The summed E-state index contributed by atoms with van der Waals surface area (Å²) in [5, 5.41) is 11.2. The maximum atomic E-state index is 13.7. The molecular weight excluding hydrogens is 348 g/mol. The van der Waals surface area contributed by atoms with E-state index < -0.39 is 11.6 Å². The predicted octanol–water partition coefficient (Wildman–Crippen LogP) is 3.01. The van der Waals surface area contributed by atoms with Crippen LogP contribution in [0.2, 0.25) is 0 Å². The van der Waals surface area contributed by atoms with E-state index in [9.17, 15) is 8.78 Å². The molecule has 7 heteroatoms. The lowest BCUT2D eigenvalue weighted by Crippen LogP contribution is -2.46. The number of aliphatic imine (C=N–C) groups is 1. The number of fused-ring (bicyclic) bond motifs is 1. The number of nitrogens with zero attached hydrogens (tertiary/aromatic N) is 3. The van der Waals surface area contributed by atoms with E-state index >= 15 is 0 Å². The Kier molecular flexibility index (Phi) is 6.08. The van der Waals surface area contributed by atoms with Crippen molar-refractivity contribution in [1.82, 2.24) is 20.4 Å². The van der Waals surface area contributed by atoms with Gasteiger partial charge >= 0.3 is 0 Å². The standard InChI is InChI=1S/C20H27F2N5/c1-13(2)27-12-14-7-8-15(11-19(14)26-27)25-20(23-3)24-10-9-16-17(21)5-4-6-18(16)22/h4-6,12-13,15H,7-11H2,1-3H3,(H2,23,24,25). The fourth-order valence-electron chi connectivity index (χ4n) is 3.37. The third-order valence-electron chi connectivity index (χ3n) is 4.92. The van der Waals surface area contributed by atoms with Gasteiger partial charge < -0.3 is 10.6 Å². The van der Waals surface area contributed by atoms with Crippen molar-refractivity contribution in [3.63, 3.8) is 0 Å². The third-order valence-corrected chi connectivity index (χ3v) is 4.92. The zero-order chi connectivity index (χ0) is 19.4. The summed E-state index contributed by atoms with van der Waals surface area (Å²) in [4.78, 5) is 4.23. The Morgan fingerprint density at radius 2 is 2.07 bits per heavy atom. The highest BCUT2D eigenvalue weighted by atomic mass is 19.1. The van der Waals surface area contributed by atoms with Crippen molar-refractivity contribution in [2.75, 3.05) is 13.6 Å². The van der Waals surface area contributed by atoms with Crippen molar-refractivity contribution in [3.05, 3.63) is 52.9 Å². The monoisotopic (exact) mass is 375 g/mol. The summed E-state index contributed by atoms with van der Waals surface area (Å²) in [6, 6.07) is 4.53. The van der Waals surface area contributed by atoms with E-state index in [1.54, 1.807) is 7.05 Å². The minimum Gasteiger partial charge on any atom is -0.356 e. The normalized spacial score (nSPS) is 17.1. The summed E-state index contributed by atoms with van der Waals surface area (Å²) in [5.41, 5.74) is 2.55. The van der Waals surface area contributed by atoms with Gasteiger partial charge in [-0.2, -0.15) is 5.10 Å². The number of benzene rings is 1. The summed E-state index contributed by atoms with van der Waals surface area (Å²) in [5.74, 6) is -0.385. The molecule has 0 spiro atoms. The van der Waals surface area contributed by atoms with Gasteiger partial charge in [-0.25, -0.2) is 8.78 Å². The molecule has 1 unspecified atom stereocenters. The van der Waals surface area contributed by atoms with E-state index in [-0.39, 0.29) is 18.0 Å². The van der Waals surface area contributed by atoms with Crippen molar-refractivity contribution in [1.29, 1.82) is 0 Å². The fourth-order valence-corrected chi connectivity index (χ4v) is 3.37. The highest BCUT2D eigenvalue weighted by Gasteiger charge is 2.23. The quantitative estimate of drug-likeness (QED) is 0.624. The molecule has 0 amide bonds. The molecule has 1 aromatic carbocycles. The molecule has 0 saturated carbocycles. The minimum absolute atomic E-state index is 0.0991. The third kappa shape index (κ3) is 4.64. The van der Waals surface area contributed by atoms with Crippen molar-refractivity contribution in [2.24, 2.45) is 4.99 Å². The van der Waals surface area contributed by atoms with Crippen LogP contribution in [0.3, 0.4) is 0 Å². The van der Waals surface area contributed by atoms with Crippen LogP contribution in [0, 0.1) is 11.6 Å². The lowest BCUT2D eigenvalue weighted by Gasteiger charge is -2.24. The Morgan fingerprint density at radius 3 is 2.74 bits per heavy atom. The topological polar surface area (TPSA) is 54.2 Å². The molecule has 0 bridgehead atoms. The van der Waals surface area contributed by atoms with E-state index in [4.69, 9.17) is 0 Å². The van der Waals surface area contributed by atoms with Crippen molar-refractivity contribution in [3.8, 4) is 0 Å². The highest BCUT2D eigenvalue weighted by molar-refractivity contribution is 5.80. The van der Waals surface area contributed by atoms with Gasteiger partial charge in [0, 0.05) is 43.9 Å². The first-order valence-corrected chi connectivity index (χ1v) is 9.45. The smallest absolute Gasteiger partial charge is 0.191 e. The average molecular weight is 375 g/mol. The molecule has 3 rings (SSSR count). The number of hydrogen-bond donors (Lipinski definition) is 2. The van der Waals surface area contributed by atoms with Crippen LogP contribution in [0.5, 0.6) is 0 Å². The van der Waals surface area contributed by atoms with Gasteiger partial charge in [-0.3, -0.25) is 9.67 Å². The average Bonchev–Trinajstić information content (AvgIpc) is 3.07. The van der Waals surface area contributed by atoms with E-state index in [0.29, 0.717) is 18.5 Å². The number of aryl methyl sites for hydroxylation is 1. The fraction of sp³-hybridized carbons (Fsp3) is 0.500. The zero-order valence-corrected chi connectivity index (χ0v) is 16.1. The molecule has 1 aliphatic rings. The van der Waals surface area contributed by atoms with E-state index in [0.717, 1.165) is 25.0 Å². The molecule has 27 heavy (non-hydrogen) atoms. The van der Waals surface area contributed by atoms with Crippen LogP contribution in [-0.4, -0.2) is 35.4 Å². The molecule has 1 aromatic heterocycles. The van der Waals surface area contributed by atoms with E-state index in [1.807, 2.05) is 4.68 Å². The first-order chi connectivity index (χ1) is 13.0. The summed E-state index contributed by atoms with van der Waals surface area (Å²) >= 11 is 0. The molecule has 0 saturated heterocycles. The Bertz CT molecular complexity index is 792. The number of hydrogen-bond acceptors (Lipinski definition) is 2. The molecule has 2 N–H and O–H groups in total. The number of nitrogens with one attached hydrogen (secondary N) is 2. The highest BCUT2D eigenvalue weighted by Crippen LogP contribution is 2.21. The second-order valence-corrected chi connectivity index (χ2v) is 7.21. The molecule has 5 nitrogen and oxygen atoms in total. The summed E-state index contributed by atoms with van der Waals surface area (Å²) in [6.07, 6.45) is 5.23. The van der Waals surface area contributed by atoms with Crippen LogP contribution in [0.1, 0.15) is 43.1 Å². The molecule has 0 aliphatic heterocycles. The molecular formula is C20H27F2N5. The molecule has 0 radical (unpaired) electrons. The maximum Gasteiger partial charge on any atom is 0.191 e. The first-order valence-electron chi connectivity index (χ1n) is 9.45. The van der Waals surface area contributed by atoms with Gasteiger partial charge in [-0.15, -0.1) is 0 Å². The number of guanidine groups is 1. The molecule has 0 fully saturated rings. The Labute approximate surface area is 158 Å². The molecule has 1 aliphatic carbocycles. The number of aromatic nitrogens is 2. The Hall–Kier alpha value is -2.44. The number of rotatable bonds is 5. The largest absolute Gasteiger partial charge is 0.356 e. The molecule has 1 heterocycles. The van der Waals surface area contributed by atoms with Gasteiger partial charge in [0.1, 0.15) is 11.6 Å². The van der Waals surface area contributed by atoms with Crippen LogP contribution in [0.25, 0.3) is 0 Å². The van der Waals surface area contributed by atoms with Crippen LogP contribution in [0.4, 0.5) is 8.78 Å². The van der Waals surface area contributed by atoms with Crippen LogP contribution in [0.15, 0.2) is 29.4 Å². The lowest BCUT2D eigenvalue weighted by molar-refractivity contribution is 0.499. The van der Waals surface area contributed by atoms with Crippen molar-refractivity contribution in [2.45, 2.75) is 51.6 Å².